The molecule has 3 aromatic rings. The van der Waals surface area contributed by atoms with Gasteiger partial charge in [0, 0.05) is 25.7 Å². The van der Waals surface area contributed by atoms with Crippen LogP contribution in [0.3, 0.4) is 0 Å². The van der Waals surface area contributed by atoms with Crippen molar-refractivity contribution in [2.45, 2.75) is 22.4 Å². The number of carbonyl (C=O) groups excluding carboxylic acids is 2. The largest absolute Gasteiger partial charge is 0.448 e. The molecule has 1 saturated heterocycles. The summed E-state index contributed by atoms with van der Waals surface area (Å²) < 4.78 is 13.0. The van der Waals surface area contributed by atoms with Gasteiger partial charge in [-0.3, -0.25) is 15.4 Å². The van der Waals surface area contributed by atoms with E-state index in [1.165, 1.54) is 35.5 Å². The van der Waals surface area contributed by atoms with E-state index in [4.69, 9.17) is 15.2 Å². The molecule has 0 bridgehead atoms. The average molecular weight is 525 g/mol. The Morgan fingerprint density at radius 3 is 2.39 bits per heavy atom. The molecule has 0 saturated carbocycles. The maximum Gasteiger partial charge on any atom is 0.356 e. The molecule has 2 aliphatic rings. The molecule has 36 heavy (non-hydrogen) atoms. The highest BCUT2D eigenvalue weighted by atomic mass is 32.2. The molecule has 1 aromatic heterocycles. The molecule has 10 nitrogen and oxygen atoms in total. The first-order valence-corrected chi connectivity index (χ1v) is 13.1. The highest BCUT2D eigenvalue weighted by Gasteiger charge is 2.63. The summed E-state index contributed by atoms with van der Waals surface area (Å²) in [5.74, 6) is -0.210. The number of rotatable bonds is 8. The lowest BCUT2D eigenvalue weighted by molar-refractivity contribution is -0.183. The monoisotopic (exact) mass is 524 g/mol. The molecular weight excluding hydrogens is 500 g/mol. The van der Waals surface area contributed by atoms with Crippen molar-refractivity contribution in [3.05, 3.63) is 83.1 Å². The Hall–Kier alpha value is -3.19. The first-order valence-electron chi connectivity index (χ1n) is 11.1. The lowest BCUT2D eigenvalue weighted by Gasteiger charge is -2.54. The van der Waals surface area contributed by atoms with Gasteiger partial charge in [-0.1, -0.05) is 72.4 Å². The highest BCUT2D eigenvalue weighted by molar-refractivity contribution is 8.01. The Kier molecular flexibility index (Phi) is 6.84. The second kappa shape index (κ2) is 10.1. The number of methoxy groups -OCH3 is 1. The van der Waals surface area contributed by atoms with Gasteiger partial charge in [-0.15, -0.1) is 16.9 Å². The number of fused-ring (bicyclic) bond motifs is 1. The number of amides is 1. The number of carbonyl (C=O) groups is 2. The summed E-state index contributed by atoms with van der Waals surface area (Å²) in [6.07, 6.45) is -0.654. The third kappa shape index (κ3) is 4.30. The quantitative estimate of drug-likeness (QED) is 0.203. The Balaban J connectivity index is 1.50. The second-order valence-electron chi connectivity index (χ2n) is 8.27. The fraction of sp³-hybridized carbons (Fsp3) is 0.292. The first kappa shape index (κ1) is 24.5. The number of thioether (sulfide) groups is 2. The molecule has 1 unspecified atom stereocenters. The molecule has 2 aromatic carbocycles. The first-order chi connectivity index (χ1) is 17.4. The zero-order chi connectivity index (χ0) is 25.3. The SMILES string of the molecule is CO[C@]1(N)C(=O)N2C(C(=O)OC(c3ccccc3)c3ccccc3)=C(CSc3nnnn3C)CSC21. The number of nitrogens with two attached hydrogens (primary N) is 1. The fourth-order valence-electron chi connectivity index (χ4n) is 4.14. The van der Waals surface area contributed by atoms with Gasteiger partial charge in [0.15, 0.2) is 6.10 Å². The molecule has 2 atom stereocenters. The number of hydrogen-bond donors (Lipinski definition) is 1. The molecule has 1 fully saturated rings. The zero-order valence-electron chi connectivity index (χ0n) is 19.6. The van der Waals surface area contributed by atoms with Crippen molar-refractivity contribution in [1.29, 1.82) is 0 Å². The highest BCUT2D eigenvalue weighted by Crippen LogP contribution is 2.46. The van der Waals surface area contributed by atoms with Crippen molar-refractivity contribution in [3.8, 4) is 0 Å². The molecule has 0 radical (unpaired) electrons. The third-order valence-corrected chi connectivity index (χ3v) is 8.55. The molecule has 0 spiro atoms. The lowest BCUT2D eigenvalue weighted by atomic mass is 9.99. The van der Waals surface area contributed by atoms with Crippen LogP contribution in [0.5, 0.6) is 0 Å². The number of esters is 1. The van der Waals surface area contributed by atoms with Gasteiger partial charge in [-0.2, -0.15) is 0 Å². The van der Waals surface area contributed by atoms with E-state index in [-0.39, 0.29) is 5.70 Å². The molecule has 2 N–H and O–H groups in total. The van der Waals surface area contributed by atoms with Crippen LogP contribution in [-0.4, -0.2) is 66.7 Å². The molecule has 5 rings (SSSR count). The smallest absolute Gasteiger partial charge is 0.356 e. The standard InChI is InChI=1S/C24H24N6O4S2/c1-29-23(26-27-28-29)36-14-17-13-35-22-24(25,33-2)21(32)30(22)18(17)20(31)34-19(15-9-5-3-6-10-15)16-11-7-4-8-12-16/h3-12,19,22H,13-14,25H2,1-2H3/t22?,24-/m1/s1. The van der Waals surface area contributed by atoms with E-state index < -0.39 is 29.1 Å². The van der Waals surface area contributed by atoms with E-state index in [1.54, 1.807) is 11.7 Å². The predicted molar refractivity (Wildman–Crippen MR) is 134 cm³/mol. The Morgan fingerprint density at radius 1 is 1.19 bits per heavy atom. The zero-order valence-corrected chi connectivity index (χ0v) is 21.2. The van der Waals surface area contributed by atoms with Crippen LogP contribution < -0.4 is 5.73 Å². The van der Waals surface area contributed by atoms with Crippen LogP contribution in [0.1, 0.15) is 17.2 Å². The van der Waals surface area contributed by atoms with Gasteiger partial charge in [-0.05, 0) is 27.1 Å². The summed E-state index contributed by atoms with van der Waals surface area (Å²) in [5, 5.41) is 11.6. The van der Waals surface area contributed by atoms with Crippen LogP contribution in [0.25, 0.3) is 0 Å². The summed E-state index contributed by atoms with van der Waals surface area (Å²) in [6, 6.07) is 19.0. The van der Waals surface area contributed by atoms with Crippen LogP contribution in [0.15, 0.2) is 77.1 Å². The maximum atomic E-state index is 13.8. The summed E-state index contributed by atoms with van der Waals surface area (Å²) in [4.78, 5) is 28.3. The summed E-state index contributed by atoms with van der Waals surface area (Å²) in [5.41, 5.74) is 7.31. The van der Waals surface area contributed by atoms with Crippen LogP contribution in [-0.2, 0) is 26.1 Å². The van der Waals surface area contributed by atoms with Crippen LogP contribution in [0.2, 0.25) is 0 Å². The number of aryl methyl sites for hydroxylation is 1. The molecule has 2 aliphatic heterocycles. The van der Waals surface area contributed by atoms with Crippen LogP contribution in [0.4, 0.5) is 0 Å². The molecule has 3 heterocycles. The van der Waals surface area contributed by atoms with Gasteiger partial charge >= 0.3 is 5.97 Å². The van der Waals surface area contributed by atoms with Gasteiger partial charge in [0.1, 0.15) is 11.1 Å². The van der Waals surface area contributed by atoms with Crippen molar-refractivity contribution in [2.75, 3.05) is 18.6 Å². The molecule has 0 aliphatic carbocycles. The van der Waals surface area contributed by atoms with Crippen molar-refractivity contribution < 1.29 is 19.1 Å². The number of hydrogen-bond acceptors (Lipinski definition) is 10. The minimum atomic E-state index is -1.49. The van der Waals surface area contributed by atoms with Crippen LogP contribution in [0, 0.1) is 0 Å². The topological polar surface area (TPSA) is 125 Å². The minimum absolute atomic E-state index is 0.196. The van der Waals surface area contributed by atoms with Crippen molar-refractivity contribution in [2.24, 2.45) is 12.8 Å². The maximum absolute atomic E-state index is 13.8. The summed E-state index contributed by atoms with van der Waals surface area (Å²) >= 11 is 2.82. The van der Waals surface area contributed by atoms with Gasteiger partial charge in [0.25, 0.3) is 5.91 Å². The van der Waals surface area contributed by atoms with E-state index >= 15 is 0 Å². The third-order valence-electron chi connectivity index (χ3n) is 6.06. The second-order valence-corrected chi connectivity index (χ2v) is 10.3. The van der Waals surface area contributed by atoms with Gasteiger partial charge in [0.05, 0.1) is 0 Å². The summed E-state index contributed by atoms with van der Waals surface area (Å²) in [7, 11) is 3.13. The van der Waals surface area contributed by atoms with Crippen LogP contribution >= 0.6 is 23.5 Å². The fourth-order valence-corrected chi connectivity index (χ4v) is 6.53. The Bertz CT molecular complexity index is 1260. The number of nitrogens with zero attached hydrogens (tertiary/aromatic N) is 5. The van der Waals surface area contributed by atoms with Crippen molar-refractivity contribution >= 4 is 35.4 Å². The average Bonchev–Trinajstić information content (AvgIpc) is 3.34. The van der Waals surface area contributed by atoms with E-state index in [0.717, 1.165) is 16.7 Å². The van der Waals surface area contributed by atoms with Crippen molar-refractivity contribution in [3.63, 3.8) is 0 Å². The minimum Gasteiger partial charge on any atom is -0.448 e. The molecule has 1 amide bonds. The predicted octanol–water partition coefficient (Wildman–Crippen LogP) is 2.11. The Morgan fingerprint density at radius 2 is 1.83 bits per heavy atom. The lowest BCUT2D eigenvalue weighted by Crippen LogP contribution is -2.78. The van der Waals surface area contributed by atoms with Crippen molar-refractivity contribution in [1.82, 2.24) is 25.1 Å². The Labute approximate surface area is 216 Å². The molecule has 186 valence electrons. The van der Waals surface area contributed by atoms with Gasteiger partial charge in [-0.25, -0.2) is 9.48 Å². The number of aromatic nitrogens is 4. The van der Waals surface area contributed by atoms with E-state index in [1.807, 2.05) is 60.7 Å². The van der Waals surface area contributed by atoms with E-state index in [9.17, 15) is 9.59 Å². The number of tetrazole rings is 1. The van der Waals surface area contributed by atoms with Gasteiger partial charge < -0.3 is 9.47 Å². The molecule has 12 heteroatoms. The number of β-lactam (4-membered cyclic amide) rings is 1. The van der Waals surface area contributed by atoms with E-state index in [0.29, 0.717) is 16.7 Å². The summed E-state index contributed by atoms with van der Waals surface area (Å²) in [6.45, 7) is 0. The normalized spacial score (nSPS) is 21.4. The van der Waals surface area contributed by atoms with E-state index in [2.05, 4.69) is 15.5 Å². The number of ether oxygens (including phenoxy) is 2. The molecular formula is C24H24N6O4S2. The van der Waals surface area contributed by atoms with Gasteiger partial charge in [0.2, 0.25) is 10.9 Å². The number of benzene rings is 2.